The third-order valence-corrected chi connectivity index (χ3v) is 8.44. The second kappa shape index (κ2) is 12.1. The number of amides is 1. The van der Waals surface area contributed by atoms with Gasteiger partial charge in [0.2, 0.25) is 0 Å². The predicted octanol–water partition coefficient (Wildman–Crippen LogP) is 6.02. The number of aromatic nitrogens is 4. The average molecular weight is 645 g/mol. The molecule has 5 heterocycles. The van der Waals surface area contributed by atoms with Gasteiger partial charge in [-0.1, -0.05) is 26.0 Å². The van der Waals surface area contributed by atoms with E-state index in [0.29, 0.717) is 46.9 Å². The topological polar surface area (TPSA) is 112 Å². The standard InChI is InChI=1S/C35H41FN6O5/c1-19(2)28-30-26(12-13-37-28)46-15-14-45-25-11-9-10-20(3)27(25)29-24(36)16-23-31(39-33(43)42(30)32(23)38-29)40-17-22(5)41(18-21(40)4)34(44)47-35(6,7)8/h9-13,16,19,21-22H,14-15,17-18H2,1-8H3/t21-,22+/m0/s1. The minimum atomic E-state index is -0.646. The number of pyridine rings is 2. The predicted molar refractivity (Wildman–Crippen MR) is 177 cm³/mol. The highest BCUT2D eigenvalue weighted by Gasteiger charge is 2.37. The summed E-state index contributed by atoms with van der Waals surface area (Å²) >= 11 is 0. The van der Waals surface area contributed by atoms with Crippen molar-refractivity contribution in [3.05, 3.63) is 64.1 Å². The number of nitrogens with zero attached hydrogens (tertiary/aromatic N) is 6. The van der Waals surface area contributed by atoms with Gasteiger partial charge in [-0.05, 0) is 65.2 Å². The van der Waals surface area contributed by atoms with Crippen molar-refractivity contribution in [1.29, 1.82) is 0 Å². The van der Waals surface area contributed by atoms with E-state index in [-0.39, 0.29) is 48.4 Å². The first-order valence-electron chi connectivity index (χ1n) is 16.0. The van der Waals surface area contributed by atoms with Crippen molar-refractivity contribution in [1.82, 2.24) is 24.4 Å². The second-order valence-electron chi connectivity index (χ2n) is 13.6. The molecular formula is C35H41FN6O5. The molecule has 1 saturated heterocycles. The number of hydrogen-bond acceptors (Lipinski definition) is 9. The van der Waals surface area contributed by atoms with E-state index in [0.717, 1.165) is 5.56 Å². The molecular weight excluding hydrogens is 603 g/mol. The van der Waals surface area contributed by atoms with Crippen molar-refractivity contribution in [2.75, 3.05) is 31.2 Å². The molecule has 47 heavy (non-hydrogen) atoms. The highest BCUT2D eigenvalue weighted by Crippen LogP contribution is 2.39. The lowest BCUT2D eigenvalue weighted by Gasteiger charge is -2.44. The molecule has 12 heteroatoms. The van der Waals surface area contributed by atoms with E-state index < -0.39 is 23.2 Å². The van der Waals surface area contributed by atoms with Gasteiger partial charge in [0.15, 0.2) is 11.5 Å². The molecule has 3 aromatic heterocycles. The number of carbonyl (C=O) groups excluding carboxylic acids is 1. The van der Waals surface area contributed by atoms with Crippen LogP contribution in [0.3, 0.4) is 0 Å². The SMILES string of the molecule is Cc1cccc2c1-c1nc3c(cc1F)c(N1C[C@@H](C)N(C(=O)OC(C)(C)C)C[C@@H]1C)nc(=O)n3-c1c(ccnc1C(C)C)OCCO2. The summed E-state index contributed by atoms with van der Waals surface area (Å²) in [6.07, 6.45) is 1.23. The Balaban J connectivity index is 1.61. The second-order valence-corrected chi connectivity index (χ2v) is 13.6. The van der Waals surface area contributed by atoms with Gasteiger partial charge in [-0.15, -0.1) is 0 Å². The molecule has 1 aromatic carbocycles. The van der Waals surface area contributed by atoms with Crippen LogP contribution in [0.2, 0.25) is 0 Å². The number of piperazine rings is 1. The minimum absolute atomic E-state index is 0.0603. The Bertz CT molecular complexity index is 1920. The van der Waals surface area contributed by atoms with Gasteiger partial charge in [-0.2, -0.15) is 4.98 Å². The zero-order chi connectivity index (χ0) is 33.8. The number of ether oxygens (including phenoxy) is 3. The van der Waals surface area contributed by atoms with Crippen LogP contribution in [0, 0.1) is 12.7 Å². The van der Waals surface area contributed by atoms with Crippen molar-refractivity contribution in [2.24, 2.45) is 0 Å². The lowest BCUT2D eigenvalue weighted by molar-refractivity contribution is 0.0130. The van der Waals surface area contributed by atoms with Crippen LogP contribution in [0.1, 0.15) is 65.6 Å². The minimum Gasteiger partial charge on any atom is -0.489 e. The molecule has 11 nitrogen and oxygen atoms in total. The van der Waals surface area contributed by atoms with Crippen LogP contribution in [-0.4, -0.2) is 74.5 Å². The quantitative estimate of drug-likeness (QED) is 0.259. The summed E-state index contributed by atoms with van der Waals surface area (Å²) in [4.78, 5) is 45.1. The maximum absolute atomic E-state index is 16.4. The average Bonchev–Trinajstić information content (AvgIpc) is 2.99. The number of halogens is 1. The monoisotopic (exact) mass is 644 g/mol. The molecule has 0 saturated carbocycles. The number of aryl methyl sites for hydroxylation is 1. The molecule has 0 N–H and O–H groups in total. The van der Waals surface area contributed by atoms with Crippen molar-refractivity contribution < 1.29 is 23.4 Å². The van der Waals surface area contributed by atoms with E-state index in [9.17, 15) is 9.59 Å². The molecule has 4 aromatic rings. The summed E-state index contributed by atoms with van der Waals surface area (Å²) < 4.78 is 35.8. The highest BCUT2D eigenvalue weighted by atomic mass is 19.1. The van der Waals surface area contributed by atoms with E-state index in [1.165, 1.54) is 10.6 Å². The molecule has 2 aliphatic heterocycles. The van der Waals surface area contributed by atoms with Gasteiger partial charge in [0.1, 0.15) is 47.5 Å². The van der Waals surface area contributed by atoms with Gasteiger partial charge >= 0.3 is 11.8 Å². The molecule has 0 radical (unpaired) electrons. The number of carbonyl (C=O) groups is 1. The van der Waals surface area contributed by atoms with Crippen LogP contribution in [0.4, 0.5) is 15.0 Å². The van der Waals surface area contributed by atoms with Crippen LogP contribution >= 0.6 is 0 Å². The fraction of sp³-hybridized carbons (Fsp3) is 0.457. The van der Waals surface area contributed by atoms with Crippen molar-refractivity contribution in [3.8, 4) is 28.4 Å². The fourth-order valence-corrected chi connectivity index (χ4v) is 6.28. The zero-order valence-corrected chi connectivity index (χ0v) is 28.1. The summed E-state index contributed by atoms with van der Waals surface area (Å²) in [5.41, 5.74) is 1.29. The van der Waals surface area contributed by atoms with Gasteiger partial charge in [0.25, 0.3) is 0 Å². The molecule has 0 aliphatic carbocycles. The Morgan fingerprint density at radius 1 is 1.04 bits per heavy atom. The smallest absolute Gasteiger partial charge is 0.410 e. The van der Waals surface area contributed by atoms with Crippen LogP contribution in [0.15, 0.2) is 41.3 Å². The largest absolute Gasteiger partial charge is 0.489 e. The number of fused-ring (bicyclic) bond motifs is 5. The molecule has 2 atom stereocenters. The molecule has 1 fully saturated rings. The number of hydrogen-bond donors (Lipinski definition) is 0. The summed E-state index contributed by atoms with van der Waals surface area (Å²) in [5.74, 6) is 0.483. The molecule has 248 valence electrons. The first-order chi connectivity index (χ1) is 22.2. The maximum Gasteiger partial charge on any atom is 0.410 e. The van der Waals surface area contributed by atoms with E-state index in [1.54, 1.807) is 23.2 Å². The Labute approximate surface area is 273 Å². The van der Waals surface area contributed by atoms with E-state index in [4.69, 9.17) is 19.2 Å². The van der Waals surface area contributed by atoms with Crippen LogP contribution in [0.25, 0.3) is 28.0 Å². The van der Waals surface area contributed by atoms with Crippen molar-refractivity contribution in [3.63, 3.8) is 0 Å². The van der Waals surface area contributed by atoms with E-state index in [2.05, 4.69) is 9.97 Å². The molecule has 0 unspecified atom stereocenters. The Hall–Kier alpha value is -4.74. The normalized spacial score (nSPS) is 18.2. The Morgan fingerprint density at radius 3 is 2.47 bits per heavy atom. The molecule has 6 rings (SSSR count). The Kier molecular flexibility index (Phi) is 8.31. The van der Waals surface area contributed by atoms with Crippen molar-refractivity contribution >= 4 is 22.9 Å². The van der Waals surface area contributed by atoms with Crippen LogP contribution < -0.4 is 20.1 Å². The fourth-order valence-electron chi connectivity index (χ4n) is 6.28. The zero-order valence-electron chi connectivity index (χ0n) is 28.1. The summed E-state index contributed by atoms with van der Waals surface area (Å²) in [6, 6.07) is 8.00. The van der Waals surface area contributed by atoms with Gasteiger partial charge in [-0.3, -0.25) is 4.98 Å². The molecule has 0 spiro atoms. The van der Waals surface area contributed by atoms with Crippen LogP contribution in [-0.2, 0) is 4.74 Å². The summed E-state index contributed by atoms with van der Waals surface area (Å²) in [7, 11) is 0. The lowest BCUT2D eigenvalue weighted by atomic mass is 10.0. The maximum atomic E-state index is 16.4. The van der Waals surface area contributed by atoms with Crippen molar-refractivity contribution in [2.45, 2.75) is 79.0 Å². The van der Waals surface area contributed by atoms with E-state index >= 15 is 4.39 Å². The summed E-state index contributed by atoms with van der Waals surface area (Å²) in [5, 5.41) is 0.341. The van der Waals surface area contributed by atoms with Gasteiger partial charge < -0.3 is 24.0 Å². The van der Waals surface area contributed by atoms with Gasteiger partial charge in [-0.25, -0.2) is 23.5 Å². The van der Waals surface area contributed by atoms with Gasteiger partial charge in [0.05, 0.1) is 11.1 Å². The number of rotatable bonds is 2. The number of benzene rings is 1. The molecule has 1 amide bonds. The third-order valence-electron chi connectivity index (χ3n) is 8.44. The lowest BCUT2D eigenvalue weighted by Crippen LogP contribution is -2.59. The van der Waals surface area contributed by atoms with Gasteiger partial charge in [0, 0.05) is 43.0 Å². The molecule has 2 bridgehead atoms. The first-order valence-corrected chi connectivity index (χ1v) is 16.0. The van der Waals surface area contributed by atoms with Crippen LogP contribution in [0.5, 0.6) is 11.5 Å². The van der Waals surface area contributed by atoms with E-state index in [1.807, 2.05) is 72.4 Å². The first kappa shape index (κ1) is 32.2. The molecule has 2 aliphatic rings. The summed E-state index contributed by atoms with van der Waals surface area (Å²) in [6.45, 7) is 16.2. The highest BCUT2D eigenvalue weighted by molar-refractivity contribution is 5.91. The number of anilines is 1. The Morgan fingerprint density at radius 2 is 1.77 bits per heavy atom. The third kappa shape index (κ3) is 5.96.